The van der Waals surface area contributed by atoms with Crippen LogP contribution in [0, 0.1) is 58.2 Å². The second-order valence-corrected chi connectivity index (χ2v) is 13.4. The van der Waals surface area contributed by atoms with Gasteiger partial charge in [0, 0.05) is 30.1 Å². The van der Waals surface area contributed by atoms with Crippen LogP contribution in [0.2, 0.25) is 0 Å². The number of carbonyl (C=O) groups excluding carboxylic acids is 1. The Hall–Kier alpha value is -0.410. The highest BCUT2D eigenvalue weighted by Crippen LogP contribution is 2.70. The monoisotopic (exact) mass is 428 g/mol. The predicted octanol–water partition coefficient (Wildman–Crippen LogP) is 6.25. The summed E-state index contributed by atoms with van der Waals surface area (Å²) in [5.41, 5.74) is 0.187. The maximum atomic E-state index is 14.0. The first kappa shape index (κ1) is 21.1. The van der Waals surface area contributed by atoms with Gasteiger partial charge in [0.15, 0.2) is 5.79 Å². The number of hydrogen-bond donors (Lipinski definition) is 0. The van der Waals surface area contributed by atoms with Crippen molar-refractivity contribution in [2.75, 3.05) is 6.61 Å². The molecular formula is C28H44O3. The Morgan fingerprint density at radius 3 is 2.42 bits per heavy atom. The number of hydrogen-bond acceptors (Lipinski definition) is 3. The van der Waals surface area contributed by atoms with Crippen LogP contribution in [0.25, 0.3) is 0 Å². The molecule has 174 valence electrons. The highest BCUT2D eigenvalue weighted by molar-refractivity contribution is 5.87. The minimum atomic E-state index is -0.421. The lowest BCUT2D eigenvalue weighted by Crippen LogP contribution is -2.58. The van der Waals surface area contributed by atoms with Crippen molar-refractivity contribution in [3.63, 3.8) is 0 Å². The first-order chi connectivity index (χ1) is 14.7. The summed E-state index contributed by atoms with van der Waals surface area (Å²) in [5, 5.41) is 0. The zero-order chi connectivity index (χ0) is 21.8. The molecule has 2 heterocycles. The molecule has 0 radical (unpaired) electrons. The largest absolute Gasteiger partial charge is 0.349 e. The van der Waals surface area contributed by atoms with E-state index in [1.165, 1.54) is 38.5 Å². The fourth-order valence-corrected chi connectivity index (χ4v) is 10.2. The van der Waals surface area contributed by atoms with Gasteiger partial charge < -0.3 is 9.47 Å². The number of ketones is 1. The molecule has 1 spiro atoms. The van der Waals surface area contributed by atoms with Gasteiger partial charge in [0.1, 0.15) is 5.78 Å². The van der Waals surface area contributed by atoms with Gasteiger partial charge in [-0.2, -0.15) is 0 Å². The molecule has 0 bridgehead atoms. The van der Waals surface area contributed by atoms with Crippen LogP contribution in [0.1, 0.15) is 92.4 Å². The number of ether oxygens (including phenoxy) is 2. The third-order valence-corrected chi connectivity index (χ3v) is 12.1. The zero-order valence-electron chi connectivity index (χ0n) is 20.5. The Labute approximate surface area is 189 Å². The van der Waals surface area contributed by atoms with E-state index in [1.807, 2.05) is 0 Å². The molecule has 0 aromatic carbocycles. The standard InChI is InChI=1S/C28H44O3/c1-16-8-10-26(4)19(12-16)6-7-20-21(26)14-24(29)27(5)22(20)13-23-25(27)18(3)28(31-23)11-9-17(2)15-30-28/h16-23,25H,6-15H2,1-5H3/t16-,17+,18-,19-,20?,21?,22?,23?,25?,26-,27+,28?/m0/s1. The van der Waals surface area contributed by atoms with Crippen LogP contribution in [-0.2, 0) is 14.3 Å². The third-order valence-electron chi connectivity index (χ3n) is 12.1. The molecule has 6 aliphatic rings. The number of carbonyl (C=O) groups is 1. The van der Waals surface area contributed by atoms with Crippen LogP contribution >= 0.6 is 0 Å². The van der Waals surface area contributed by atoms with Crippen LogP contribution in [-0.4, -0.2) is 24.3 Å². The van der Waals surface area contributed by atoms with Crippen molar-refractivity contribution >= 4 is 5.78 Å². The Balaban J connectivity index is 1.30. The molecule has 0 aromatic heterocycles. The molecule has 0 aromatic rings. The van der Waals surface area contributed by atoms with Gasteiger partial charge in [-0.05, 0) is 79.4 Å². The minimum absolute atomic E-state index is 0.202. The number of fused-ring (bicyclic) bond motifs is 7. The molecule has 2 aliphatic heterocycles. The minimum Gasteiger partial charge on any atom is -0.349 e. The molecule has 6 fully saturated rings. The van der Waals surface area contributed by atoms with Gasteiger partial charge in [-0.15, -0.1) is 0 Å². The number of Topliss-reactive ketones (excluding diaryl/α,β-unsaturated/α-hetero) is 1. The molecule has 3 heteroatoms. The molecule has 2 saturated heterocycles. The van der Waals surface area contributed by atoms with E-state index in [2.05, 4.69) is 34.6 Å². The summed E-state index contributed by atoms with van der Waals surface area (Å²) in [6.07, 6.45) is 11.1. The van der Waals surface area contributed by atoms with Crippen molar-refractivity contribution in [2.45, 2.75) is 104 Å². The van der Waals surface area contributed by atoms with Crippen LogP contribution in [0.3, 0.4) is 0 Å². The molecule has 3 nitrogen and oxygen atoms in total. The van der Waals surface area contributed by atoms with Crippen LogP contribution in [0.15, 0.2) is 0 Å². The number of rotatable bonds is 0. The van der Waals surface area contributed by atoms with Gasteiger partial charge in [-0.1, -0.05) is 41.0 Å². The fraction of sp³-hybridized carbons (Fsp3) is 0.964. The van der Waals surface area contributed by atoms with Gasteiger partial charge >= 0.3 is 0 Å². The maximum absolute atomic E-state index is 14.0. The molecule has 6 unspecified atom stereocenters. The van der Waals surface area contributed by atoms with Gasteiger partial charge in [-0.3, -0.25) is 4.79 Å². The van der Waals surface area contributed by atoms with Crippen LogP contribution in [0.4, 0.5) is 0 Å². The van der Waals surface area contributed by atoms with Crippen molar-refractivity contribution in [3.05, 3.63) is 0 Å². The highest BCUT2D eigenvalue weighted by Gasteiger charge is 2.71. The molecule has 12 atom stereocenters. The average Bonchev–Trinajstić information content (AvgIpc) is 3.18. The van der Waals surface area contributed by atoms with Crippen molar-refractivity contribution in [1.82, 2.24) is 0 Å². The second-order valence-electron chi connectivity index (χ2n) is 13.4. The van der Waals surface area contributed by atoms with Crippen molar-refractivity contribution < 1.29 is 14.3 Å². The summed E-state index contributed by atoms with van der Waals surface area (Å²) in [4.78, 5) is 14.0. The van der Waals surface area contributed by atoms with E-state index in [1.54, 1.807) is 0 Å². The molecule has 0 N–H and O–H groups in total. The first-order valence-electron chi connectivity index (χ1n) is 13.5. The highest BCUT2D eigenvalue weighted by atomic mass is 16.7. The predicted molar refractivity (Wildman–Crippen MR) is 121 cm³/mol. The SMILES string of the molecule is C[C@@H]1CCC2(OC1)OC1CC3C4CC[C@H]5C[C@@H](C)CC[C@]5(C)C4CC(=O)[C@]3(C)C1[C@@H]2C. The van der Waals surface area contributed by atoms with E-state index >= 15 is 0 Å². The molecule has 4 saturated carbocycles. The summed E-state index contributed by atoms with van der Waals surface area (Å²) in [6.45, 7) is 12.8. The van der Waals surface area contributed by atoms with Gasteiger partial charge in [0.25, 0.3) is 0 Å². The van der Waals surface area contributed by atoms with Crippen molar-refractivity contribution in [2.24, 2.45) is 58.2 Å². The van der Waals surface area contributed by atoms with E-state index in [0.717, 1.165) is 43.6 Å². The Morgan fingerprint density at radius 2 is 1.68 bits per heavy atom. The Morgan fingerprint density at radius 1 is 0.903 bits per heavy atom. The van der Waals surface area contributed by atoms with Crippen LogP contribution in [0.5, 0.6) is 0 Å². The Bertz CT molecular complexity index is 753. The molecule has 4 aliphatic carbocycles. The average molecular weight is 429 g/mol. The summed E-state index contributed by atoms with van der Waals surface area (Å²) in [5.74, 6) is 5.00. The van der Waals surface area contributed by atoms with E-state index in [4.69, 9.17) is 9.47 Å². The van der Waals surface area contributed by atoms with E-state index in [0.29, 0.717) is 40.8 Å². The molecule has 6 rings (SSSR count). The summed E-state index contributed by atoms with van der Waals surface area (Å²) in [6, 6.07) is 0. The lowest BCUT2D eigenvalue weighted by Gasteiger charge is -2.60. The third kappa shape index (κ3) is 2.69. The lowest BCUT2D eigenvalue weighted by atomic mass is 9.43. The van der Waals surface area contributed by atoms with Crippen molar-refractivity contribution in [3.8, 4) is 0 Å². The fourth-order valence-electron chi connectivity index (χ4n) is 10.2. The van der Waals surface area contributed by atoms with Crippen LogP contribution < -0.4 is 0 Å². The first-order valence-corrected chi connectivity index (χ1v) is 13.5. The van der Waals surface area contributed by atoms with E-state index in [-0.39, 0.29) is 11.5 Å². The maximum Gasteiger partial charge on any atom is 0.171 e. The van der Waals surface area contributed by atoms with E-state index < -0.39 is 5.79 Å². The normalized spacial score (nSPS) is 60.9. The van der Waals surface area contributed by atoms with Gasteiger partial charge in [0.2, 0.25) is 0 Å². The lowest BCUT2D eigenvalue weighted by molar-refractivity contribution is -0.272. The van der Waals surface area contributed by atoms with E-state index in [9.17, 15) is 4.79 Å². The smallest absolute Gasteiger partial charge is 0.171 e. The zero-order valence-corrected chi connectivity index (χ0v) is 20.5. The topological polar surface area (TPSA) is 35.5 Å². The van der Waals surface area contributed by atoms with Crippen molar-refractivity contribution in [1.29, 1.82) is 0 Å². The second kappa shape index (κ2) is 6.81. The van der Waals surface area contributed by atoms with Gasteiger partial charge in [0.05, 0.1) is 12.7 Å². The summed E-state index contributed by atoms with van der Waals surface area (Å²) in [7, 11) is 0. The quantitative estimate of drug-likeness (QED) is 0.457. The molecule has 0 amide bonds. The molecule has 31 heavy (non-hydrogen) atoms. The Kier molecular flexibility index (Phi) is 4.65. The summed E-state index contributed by atoms with van der Waals surface area (Å²) >= 11 is 0. The summed E-state index contributed by atoms with van der Waals surface area (Å²) < 4.78 is 13.2. The van der Waals surface area contributed by atoms with Gasteiger partial charge in [-0.25, -0.2) is 0 Å². The molecular weight excluding hydrogens is 384 g/mol.